The average molecular weight is 298 g/mol. The van der Waals surface area contributed by atoms with Crippen LogP contribution in [0.15, 0.2) is 17.2 Å². The maximum absolute atomic E-state index is 11.0. The van der Waals surface area contributed by atoms with Gasteiger partial charge in [0.15, 0.2) is 10.9 Å². The number of hydrogen-bond donors (Lipinski definition) is 2. The fraction of sp³-hybridized carbons (Fsp3) is 0.273. The zero-order valence-corrected chi connectivity index (χ0v) is 12.0. The first-order chi connectivity index (χ1) is 9.53. The smallest absolute Gasteiger partial charge is 0.315 e. The summed E-state index contributed by atoms with van der Waals surface area (Å²) in [4.78, 5) is 10.5. The molecule has 0 amide bonds. The molecule has 2 N–H and O–H groups in total. The van der Waals surface area contributed by atoms with E-state index in [0.717, 1.165) is 0 Å². The van der Waals surface area contributed by atoms with Gasteiger partial charge < -0.3 is 14.8 Å². The number of hydrogen-bond acceptors (Lipinski definition) is 6. The lowest BCUT2D eigenvalue weighted by molar-refractivity contribution is -0.385. The van der Waals surface area contributed by atoms with E-state index in [1.54, 1.807) is 13.1 Å². The molecule has 8 nitrogen and oxygen atoms in total. The van der Waals surface area contributed by atoms with Gasteiger partial charge in [-0.25, -0.2) is 0 Å². The molecular formula is C11H14N4O4S. The molecule has 0 aromatic heterocycles. The number of nitrogens with zero attached hydrogens (tertiary/aromatic N) is 2. The molecule has 0 bridgehead atoms. The summed E-state index contributed by atoms with van der Waals surface area (Å²) in [5.74, 6) is 0.313. The van der Waals surface area contributed by atoms with E-state index in [4.69, 9.17) is 21.7 Å². The van der Waals surface area contributed by atoms with Crippen LogP contribution in [0.3, 0.4) is 0 Å². The summed E-state index contributed by atoms with van der Waals surface area (Å²) in [6.07, 6.45) is 1.39. The van der Waals surface area contributed by atoms with Crippen LogP contribution in [0.25, 0.3) is 0 Å². The number of nitrogens with one attached hydrogen (secondary N) is 2. The summed E-state index contributed by atoms with van der Waals surface area (Å²) in [6.45, 7) is 0. The molecule has 0 aliphatic heterocycles. The Kier molecular flexibility index (Phi) is 5.66. The first-order valence-electron chi connectivity index (χ1n) is 5.44. The second-order valence-electron chi connectivity index (χ2n) is 3.48. The lowest BCUT2D eigenvalue weighted by atomic mass is 10.2. The normalized spacial score (nSPS) is 10.2. The number of methoxy groups -OCH3 is 2. The Labute approximate surface area is 120 Å². The molecule has 0 atom stereocenters. The van der Waals surface area contributed by atoms with Crippen molar-refractivity contribution < 1.29 is 14.4 Å². The molecule has 20 heavy (non-hydrogen) atoms. The van der Waals surface area contributed by atoms with Gasteiger partial charge in [-0.2, -0.15) is 5.10 Å². The molecule has 0 aliphatic rings. The van der Waals surface area contributed by atoms with Gasteiger partial charge in [0.05, 0.1) is 25.4 Å². The molecule has 0 fully saturated rings. The molecule has 0 saturated heterocycles. The Balaban J connectivity index is 3.12. The molecule has 1 aromatic rings. The van der Waals surface area contributed by atoms with Crippen molar-refractivity contribution >= 4 is 29.2 Å². The van der Waals surface area contributed by atoms with Crippen molar-refractivity contribution in [2.24, 2.45) is 5.10 Å². The van der Waals surface area contributed by atoms with E-state index < -0.39 is 4.92 Å². The van der Waals surface area contributed by atoms with Crippen molar-refractivity contribution in [3.8, 4) is 11.5 Å². The van der Waals surface area contributed by atoms with Gasteiger partial charge in [0.1, 0.15) is 0 Å². The number of rotatable bonds is 5. The lowest BCUT2D eigenvalue weighted by Gasteiger charge is -2.08. The van der Waals surface area contributed by atoms with Crippen LogP contribution >= 0.6 is 12.2 Å². The van der Waals surface area contributed by atoms with E-state index in [9.17, 15) is 10.1 Å². The summed E-state index contributed by atoms with van der Waals surface area (Å²) >= 11 is 4.84. The van der Waals surface area contributed by atoms with E-state index in [2.05, 4.69) is 15.8 Å². The highest BCUT2D eigenvalue weighted by Crippen LogP contribution is 2.37. The molecule has 108 valence electrons. The number of ether oxygens (including phenoxy) is 2. The van der Waals surface area contributed by atoms with Gasteiger partial charge in [-0.05, 0) is 18.3 Å². The van der Waals surface area contributed by atoms with Gasteiger partial charge in [0.25, 0.3) is 0 Å². The molecule has 0 aliphatic carbocycles. The van der Waals surface area contributed by atoms with Crippen molar-refractivity contribution in [1.82, 2.24) is 10.7 Å². The third kappa shape index (κ3) is 3.79. The molecule has 9 heteroatoms. The Hall–Kier alpha value is -2.42. The van der Waals surface area contributed by atoms with Crippen LogP contribution in [0, 0.1) is 10.1 Å². The maximum atomic E-state index is 11.0. The quantitative estimate of drug-likeness (QED) is 0.363. The van der Waals surface area contributed by atoms with E-state index in [1.165, 1.54) is 26.5 Å². The second-order valence-corrected chi connectivity index (χ2v) is 3.89. The molecule has 0 saturated carbocycles. The number of hydrazone groups is 1. The third-order valence-corrected chi connectivity index (χ3v) is 2.58. The van der Waals surface area contributed by atoms with Crippen LogP contribution < -0.4 is 20.2 Å². The summed E-state index contributed by atoms with van der Waals surface area (Å²) in [7, 11) is 4.38. The van der Waals surface area contributed by atoms with Crippen LogP contribution in [0.5, 0.6) is 11.5 Å². The lowest BCUT2D eigenvalue weighted by Crippen LogP contribution is -2.28. The average Bonchev–Trinajstić information content (AvgIpc) is 2.45. The number of nitro benzene ring substituents is 1. The highest BCUT2D eigenvalue weighted by molar-refractivity contribution is 7.80. The number of thiocarbonyl (C=S) groups is 1. The molecule has 0 radical (unpaired) electrons. The Morgan fingerprint density at radius 2 is 2.15 bits per heavy atom. The minimum atomic E-state index is -0.551. The van der Waals surface area contributed by atoms with Gasteiger partial charge in [0, 0.05) is 18.7 Å². The van der Waals surface area contributed by atoms with E-state index in [-0.39, 0.29) is 17.2 Å². The van der Waals surface area contributed by atoms with Gasteiger partial charge in [-0.3, -0.25) is 15.5 Å². The highest BCUT2D eigenvalue weighted by atomic mass is 32.1. The van der Waals surface area contributed by atoms with Crippen LogP contribution in [0.4, 0.5) is 5.69 Å². The molecule has 0 spiro atoms. The minimum Gasteiger partial charge on any atom is -0.493 e. The highest BCUT2D eigenvalue weighted by Gasteiger charge is 2.20. The predicted molar refractivity (Wildman–Crippen MR) is 78.6 cm³/mol. The summed E-state index contributed by atoms with van der Waals surface area (Å²) in [5.41, 5.74) is 2.81. The standard InChI is InChI=1S/C11H14N4O4S/c1-12-11(20)14-13-6-7-4-8(15(16)17)10(19-3)9(5-7)18-2/h4-6H,1-3H3,(H2,12,14,20)/b13-6+. The topological polar surface area (TPSA) is 98.0 Å². The fourth-order valence-corrected chi connectivity index (χ4v) is 1.45. The largest absolute Gasteiger partial charge is 0.493 e. The summed E-state index contributed by atoms with van der Waals surface area (Å²) < 4.78 is 10.1. The molecule has 0 heterocycles. The maximum Gasteiger partial charge on any atom is 0.315 e. The fourth-order valence-electron chi connectivity index (χ4n) is 1.40. The minimum absolute atomic E-state index is 0.0633. The van der Waals surface area contributed by atoms with E-state index >= 15 is 0 Å². The van der Waals surface area contributed by atoms with Crippen molar-refractivity contribution in [1.29, 1.82) is 0 Å². The zero-order valence-electron chi connectivity index (χ0n) is 11.2. The SMILES string of the molecule is CNC(=S)N/N=C/c1cc(OC)c(OC)c([N+](=O)[O-])c1. The first kappa shape index (κ1) is 15.6. The van der Waals surface area contributed by atoms with Crippen molar-refractivity contribution in [2.75, 3.05) is 21.3 Å². The van der Waals surface area contributed by atoms with Crippen LogP contribution in [-0.4, -0.2) is 37.5 Å². The second kappa shape index (κ2) is 7.24. The van der Waals surface area contributed by atoms with Gasteiger partial charge in [-0.15, -0.1) is 0 Å². The van der Waals surface area contributed by atoms with Crippen molar-refractivity contribution in [3.05, 3.63) is 27.8 Å². The third-order valence-electron chi connectivity index (χ3n) is 2.29. The predicted octanol–water partition coefficient (Wildman–Crippen LogP) is 1.04. The molecular weight excluding hydrogens is 284 g/mol. The van der Waals surface area contributed by atoms with Gasteiger partial charge in [0.2, 0.25) is 5.75 Å². The zero-order chi connectivity index (χ0) is 15.1. The summed E-state index contributed by atoms with van der Waals surface area (Å²) in [5, 5.41) is 17.9. The van der Waals surface area contributed by atoms with Gasteiger partial charge >= 0.3 is 5.69 Å². The Bertz CT molecular complexity index is 547. The molecule has 0 unspecified atom stereocenters. The number of benzene rings is 1. The molecule has 1 aromatic carbocycles. The van der Waals surface area contributed by atoms with Crippen molar-refractivity contribution in [3.63, 3.8) is 0 Å². The number of nitro groups is 1. The van der Waals surface area contributed by atoms with Crippen LogP contribution in [0.2, 0.25) is 0 Å². The van der Waals surface area contributed by atoms with Crippen LogP contribution in [-0.2, 0) is 0 Å². The monoisotopic (exact) mass is 298 g/mol. The molecule has 1 rings (SSSR count). The van der Waals surface area contributed by atoms with Crippen molar-refractivity contribution in [2.45, 2.75) is 0 Å². The Morgan fingerprint density at radius 1 is 1.45 bits per heavy atom. The van der Waals surface area contributed by atoms with E-state index in [1.807, 2.05) is 0 Å². The van der Waals surface area contributed by atoms with Crippen LogP contribution in [0.1, 0.15) is 5.56 Å². The summed E-state index contributed by atoms with van der Waals surface area (Å²) in [6, 6.07) is 2.90. The van der Waals surface area contributed by atoms with Gasteiger partial charge in [-0.1, -0.05) is 0 Å². The van der Waals surface area contributed by atoms with E-state index in [0.29, 0.717) is 10.7 Å². The first-order valence-corrected chi connectivity index (χ1v) is 5.85. The Morgan fingerprint density at radius 3 is 2.65 bits per heavy atom.